The van der Waals surface area contributed by atoms with E-state index in [1.807, 2.05) is 6.26 Å². The van der Waals surface area contributed by atoms with Crippen molar-refractivity contribution in [2.24, 2.45) is 0 Å². The van der Waals surface area contributed by atoms with Gasteiger partial charge in [-0.25, -0.2) is 4.79 Å². The van der Waals surface area contributed by atoms with Crippen LogP contribution in [0.3, 0.4) is 0 Å². The summed E-state index contributed by atoms with van der Waals surface area (Å²) < 4.78 is 5.90. The Kier molecular flexibility index (Phi) is 7.19. The Balaban J connectivity index is 1.88. The van der Waals surface area contributed by atoms with Gasteiger partial charge < -0.3 is 9.52 Å². The molecule has 3 rings (SSSR count). The van der Waals surface area contributed by atoms with E-state index in [-0.39, 0.29) is 27.1 Å². The molecule has 1 atom stereocenters. The first-order chi connectivity index (χ1) is 14.7. The monoisotopic (exact) mass is 478 g/mol. The fraction of sp³-hybridized carbons (Fsp3) is 0.250. The van der Waals surface area contributed by atoms with Crippen LogP contribution in [0.15, 0.2) is 39.7 Å². The number of aryl methyl sites for hydroxylation is 1. The topological polar surface area (TPSA) is 114 Å². The summed E-state index contributed by atoms with van der Waals surface area (Å²) in [5.74, 6) is -0.441. The van der Waals surface area contributed by atoms with Gasteiger partial charge in [-0.15, -0.1) is 0 Å². The maximum atomic E-state index is 12.8. The number of carboxylic acid groups (broad SMARTS) is 1. The molecule has 0 saturated carbocycles. The van der Waals surface area contributed by atoms with Crippen LogP contribution >= 0.6 is 35.7 Å². The summed E-state index contributed by atoms with van der Waals surface area (Å²) in [5.41, 5.74) is 0.997. The fourth-order valence-electron chi connectivity index (χ4n) is 3.05. The zero-order valence-corrected chi connectivity index (χ0v) is 19.0. The summed E-state index contributed by atoms with van der Waals surface area (Å²) in [6, 6.07) is 6.96. The van der Waals surface area contributed by atoms with E-state index in [9.17, 15) is 24.8 Å². The number of rotatable bonds is 8. The van der Waals surface area contributed by atoms with Crippen LogP contribution in [0, 0.1) is 17.0 Å². The summed E-state index contributed by atoms with van der Waals surface area (Å²) in [4.78, 5) is 36.8. The number of aliphatic carboxylic acids is 1. The van der Waals surface area contributed by atoms with E-state index in [2.05, 4.69) is 0 Å². The number of carboxylic acids is 1. The first-order valence-corrected chi connectivity index (χ1v) is 11.7. The van der Waals surface area contributed by atoms with Gasteiger partial charge in [0.05, 0.1) is 15.4 Å². The molecule has 1 N–H and O–H groups in total. The van der Waals surface area contributed by atoms with Gasteiger partial charge in [0, 0.05) is 12.1 Å². The molecule has 2 heterocycles. The van der Waals surface area contributed by atoms with Crippen molar-refractivity contribution >= 4 is 63.7 Å². The number of thioether (sulfide) groups is 2. The molecular formula is C20H18N2O6S3. The summed E-state index contributed by atoms with van der Waals surface area (Å²) >= 11 is 7.74. The molecule has 8 nitrogen and oxygen atoms in total. The second kappa shape index (κ2) is 9.67. The van der Waals surface area contributed by atoms with Crippen molar-refractivity contribution < 1.29 is 24.0 Å². The zero-order valence-electron chi connectivity index (χ0n) is 16.6. The number of carbonyl (C=O) groups excluding carboxylic acids is 1. The van der Waals surface area contributed by atoms with E-state index in [1.165, 1.54) is 23.9 Å². The molecule has 1 aliphatic heterocycles. The first kappa shape index (κ1) is 23.0. The predicted molar refractivity (Wildman–Crippen MR) is 125 cm³/mol. The molecule has 1 fully saturated rings. The van der Waals surface area contributed by atoms with Crippen LogP contribution in [-0.4, -0.2) is 49.2 Å². The average Bonchev–Trinajstić information content (AvgIpc) is 3.27. The van der Waals surface area contributed by atoms with Gasteiger partial charge in [-0.3, -0.25) is 19.8 Å². The Bertz CT molecular complexity index is 1090. The van der Waals surface area contributed by atoms with Gasteiger partial charge >= 0.3 is 5.97 Å². The molecule has 1 aliphatic rings. The molecule has 1 saturated heterocycles. The number of nitrogens with zero attached hydrogens (tertiary/aromatic N) is 2. The predicted octanol–water partition coefficient (Wildman–Crippen LogP) is 4.57. The lowest BCUT2D eigenvalue weighted by atomic mass is 10.1. The zero-order chi connectivity index (χ0) is 22.7. The number of benzene rings is 1. The second-order valence-corrected chi connectivity index (χ2v) is 9.33. The largest absolute Gasteiger partial charge is 0.480 e. The molecular weight excluding hydrogens is 460 g/mol. The van der Waals surface area contributed by atoms with E-state index in [0.717, 1.165) is 22.2 Å². The normalized spacial score (nSPS) is 16.2. The third kappa shape index (κ3) is 5.00. The van der Waals surface area contributed by atoms with Crippen molar-refractivity contribution in [3.8, 4) is 11.3 Å². The quantitative estimate of drug-likeness (QED) is 0.252. The van der Waals surface area contributed by atoms with Gasteiger partial charge in [0.25, 0.3) is 11.6 Å². The lowest BCUT2D eigenvalue weighted by Crippen LogP contribution is -2.44. The summed E-state index contributed by atoms with van der Waals surface area (Å²) in [6.07, 6.45) is 3.60. The van der Waals surface area contributed by atoms with Crippen molar-refractivity contribution in [1.82, 2.24) is 4.90 Å². The van der Waals surface area contributed by atoms with Crippen LogP contribution in [0.5, 0.6) is 0 Å². The maximum absolute atomic E-state index is 12.8. The minimum atomic E-state index is -1.11. The molecule has 1 amide bonds. The summed E-state index contributed by atoms with van der Waals surface area (Å²) in [6.45, 7) is 1.76. The second-order valence-electron chi connectivity index (χ2n) is 6.67. The Labute approximate surface area is 191 Å². The highest BCUT2D eigenvalue weighted by molar-refractivity contribution is 8.26. The van der Waals surface area contributed by atoms with E-state index in [1.54, 1.807) is 31.2 Å². The van der Waals surface area contributed by atoms with Crippen molar-refractivity contribution in [3.05, 3.63) is 56.7 Å². The number of hydrogen-bond donors (Lipinski definition) is 1. The molecule has 0 bridgehead atoms. The van der Waals surface area contributed by atoms with Crippen molar-refractivity contribution in [1.29, 1.82) is 0 Å². The third-order valence-electron chi connectivity index (χ3n) is 4.53. The molecule has 31 heavy (non-hydrogen) atoms. The van der Waals surface area contributed by atoms with Gasteiger partial charge in [0.1, 0.15) is 21.9 Å². The highest BCUT2D eigenvalue weighted by Crippen LogP contribution is 2.37. The van der Waals surface area contributed by atoms with Crippen LogP contribution in [0.1, 0.15) is 17.7 Å². The number of furan rings is 1. The number of thiocarbonyl (C=S) groups is 1. The van der Waals surface area contributed by atoms with Gasteiger partial charge in [-0.1, -0.05) is 30.0 Å². The average molecular weight is 479 g/mol. The smallest absolute Gasteiger partial charge is 0.326 e. The molecule has 11 heteroatoms. The van der Waals surface area contributed by atoms with Gasteiger partial charge in [-0.2, -0.15) is 11.8 Å². The molecule has 2 aromatic rings. The van der Waals surface area contributed by atoms with Crippen molar-refractivity contribution in [3.63, 3.8) is 0 Å². The summed E-state index contributed by atoms with van der Waals surface area (Å²) in [5, 5.41) is 20.9. The lowest BCUT2D eigenvalue weighted by molar-refractivity contribution is -0.384. The minimum Gasteiger partial charge on any atom is -0.480 e. The highest BCUT2D eigenvalue weighted by Gasteiger charge is 2.40. The Morgan fingerprint density at radius 1 is 1.42 bits per heavy atom. The van der Waals surface area contributed by atoms with Crippen LogP contribution in [-0.2, 0) is 9.59 Å². The number of hydrogen-bond acceptors (Lipinski definition) is 8. The Morgan fingerprint density at radius 2 is 2.16 bits per heavy atom. The first-order valence-electron chi connectivity index (χ1n) is 9.07. The standard InChI is InChI=1S/C20H18N2O6S3/c1-11-3-5-13(15(9-11)22(26)27)16-6-4-12(28-16)10-17-18(23)21(20(29)31-17)14(19(24)25)7-8-30-2/h3-6,9-10,14H,7-8H2,1-2H3,(H,24,25)/b17-10-. The molecule has 0 aliphatic carbocycles. The molecule has 162 valence electrons. The van der Waals surface area contributed by atoms with Gasteiger partial charge in [0.15, 0.2) is 0 Å². The fourth-order valence-corrected chi connectivity index (χ4v) is 4.84. The van der Waals surface area contributed by atoms with Crippen LogP contribution in [0.2, 0.25) is 0 Å². The number of nitro benzene ring substituents is 1. The molecule has 0 spiro atoms. The van der Waals surface area contributed by atoms with Crippen LogP contribution in [0.25, 0.3) is 17.4 Å². The van der Waals surface area contributed by atoms with Gasteiger partial charge in [0.2, 0.25) is 0 Å². The number of amides is 1. The van der Waals surface area contributed by atoms with E-state index in [0.29, 0.717) is 17.1 Å². The Hall–Kier alpha value is -2.63. The third-order valence-corrected chi connectivity index (χ3v) is 6.51. The summed E-state index contributed by atoms with van der Waals surface area (Å²) in [7, 11) is 0. The van der Waals surface area contributed by atoms with Crippen LogP contribution < -0.4 is 0 Å². The SMILES string of the molecule is CSCCC(C(=O)O)N1C(=O)/C(=C/c2ccc(-c3ccc(C)cc3[N+](=O)[O-])o2)SC1=S. The number of carbonyl (C=O) groups is 2. The molecule has 1 unspecified atom stereocenters. The molecule has 1 aromatic heterocycles. The minimum absolute atomic E-state index is 0.0784. The van der Waals surface area contributed by atoms with Crippen molar-refractivity contribution in [2.45, 2.75) is 19.4 Å². The lowest BCUT2D eigenvalue weighted by Gasteiger charge is -2.22. The van der Waals surface area contributed by atoms with Crippen LogP contribution in [0.4, 0.5) is 5.69 Å². The molecule has 0 radical (unpaired) electrons. The highest BCUT2D eigenvalue weighted by atomic mass is 32.2. The van der Waals surface area contributed by atoms with Crippen molar-refractivity contribution in [2.75, 3.05) is 12.0 Å². The molecule has 1 aromatic carbocycles. The van der Waals surface area contributed by atoms with E-state index in [4.69, 9.17) is 16.6 Å². The van der Waals surface area contributed by atoms with E-state index < -0.39 is 22.8 Å². The van der Waals surface area contributed by atoms with E-state index >= 15 is 0 Å². The maximum Gasteiger partial charge on any atom is 0.326 e. The Morgan fingerprint density at radius 3 is 2.81 bits per heavy atom. The van der Waals surface area contributed by atoms with Gasteiger partial charge in [-0.05, 0) is 49.1 Å². The number of nitro groups is 1.